The van der Waals surface area contributed by atoms with Crippen LogP contribution >= 0.6 is 15.9 Å². The summed E-state index contributed by atoms with van der Waals surface area (Å²) < 4.78 is 13.7. The molecule has 0 bridgehead atoms. The lowest BCUT2D eigenvalue weighted by molar-refractivity contribution is 0.560. The topological polar surface area (TPSA) is 95.7 Å². The normalized spacial score (nSPS) is 11.0. The van der Waals surface area contributed by atoms with E-state index in [-0.39, 0.29) is 5.89 Å². The van der Waals surface area contributed by atoms with Crippen molar-refractivity contribution in [3.8, 4) is 40.0 Å². The molecule has 3 aromatic heterocycles. The fraction of sp³-hybridized carbons (Fsp3) is 0. The van der Waals surface area contributed by atoms with E-state index in [2.05, 4.69) is 36.3 Å². The summed E-state index contributed by atoms with van der Waals surface area (Å²) in [7, 11) is 0. The fourth-order valence-electron chi connectivity index (χ4n) is 2.96. The van der Waals surface area contributed by atoms with Crippen molar-refractivity contribution in [2.75, 3.05) is 0 Å². The van der Waals surface area contributed by atoms with Gasteiger partial charge in [-0.1, -0.05) is 46.3 Å². The molecule has 0 aliphatic carbocycles. The van der Waals surface area contributed by atoms with Gasteiger partial charge in [-0.25, -0.2) is 4.68 Å². The van der Waals surface area contributed by atoms with Crippen LogP contribution in [0.2, 0.25) is 0 Å². The van der Waals surface area contributed by atoms with Crippen LogP contribution in [-0.2, 0) is 0 Å². The summed E-state index contributed by atoms with van der Waals surface area (Å²) in [6.45, 7) is 0. The summed E-state index contributed by atoms with van der Waals surface area (Å²) in [6.07, 6.45) is 2.53. The van der Waals surface area contributed by atoms with Gasteiger partial charge >= 0.3 is 0 Å². The molecular weight excluding hydrogens is 424 g/mol. The largest absolute Gasteiger partial charge is 0.423 e. The SMILES string of the molecule is Brc1ccc(-n2nc(-c3nnco3)c(-c3nnco3)c2-c2ccccc2)cc1. The predicted octanol–water partition coefficient (Wildman–Crippen LogP) is 4.40. The highest BCUT2D eigenvalue weighted by atomic mass is 79.9. The van der Waals surface area contributed by atoms with Gasteiger partial charge in [-0.15, -0.1) is 20.4 Å². The molecule has 0 N–H and O–H groups in total. The van der Waals surface area contributed by atoms with Gasteiger partial charge in [-0.2, -0.15) is 5.10 Å². The van der Waals surface area contributed by atoms with Gasteiger partial charge in [0, 0.05) is 10.0 Å². The molecule has 5 rings (SSSR count). The van der Waals surface area contributed by atoms with E-state index in [1.165, 1.54) is 12.8 Å². The standard InChI is InChI=1S/C19H11BrN6O2/c20-13-6-8-14(9-7-13)26-17(12-4-2-1-3-5-12)15(18-23-21-10-27-18)16(25-26)19-24-22-11-28-19/h1-11H. The van der Waals surface area contributed by atoms with Crippen LogP contribution in [0.3, 0.4) is 0 Å². The number of hydrogen-bond acceptors (Lipinski definition) is 7. The Bertz CT molecular complexity index is 1200. The molecule has 3 heterocycles. The molecule has 8 nitrogen and oxygen atoms in total. The van der Waals surface area contributed by atoms with Crippen LogP contribution in [-0.4, -0.2) is 30.2 Å². The van der Waals surface area contributed by atoms with Crippen molar-refractivity contribution in [3.05, 3.63) is 71.9 Å². The quantitative estimate of drug-likeness (QED) is 0.413. The molecule has 0 amide bonds. The molecule has 0 fully saturated rings. The maximum atomic E-state index is 5.52. The third kappa shape index (κ3) is 2.81. The minimum atomic E-state index is 0.265. The molecule has 0 unspecified atom stereocenters. The lowest BCUT2D eigenvalue weighted by Crippen LogP contribution is -1.99. The molecule has 0 spiro atoms. The van der Waals surface area contributed by atoms with E-state index in [1.54, 1.807) is 4.68 Å². The summed E-state index contributed by atoms with van der Waals surface area (Å²) in [5.41, 5.74) is 3.64. The molecule has 28 heavy (non-hydrogen) atoms. The monoisotopic (exact) mass is 434 g/mol. The van der Waals surface area contributed by atoms with Crippen LogP contribution in [0.4, 0.5) is 0 Å². The summed E-state index contributed by atoms with van der Waals surface area (Å²) in [4.78, 5) is 0. The summed E-state index contributed by atoms with van der Waals surface area (Å²) >= 11 is 3.47. The molecule has 0 saturated heterocycles. The van der Waals surface area contributed by atoms with Gasteiger partial charge in [-0.05, 0) is 24.3 Å². The van der Waals surface area contributed by atoms with E-state index in [4.69, 9.17) is 13.9 Å². The number of benzene rings is 2. The van der Waals surface area contributed by atoms with Crippen molar-refractivity contribution < 1.29 is 8.83 Å². The van der Waals surface area contributed by atoms with Crippen LogP contribution in [0.25, 0.3) is 40.0 Å². The Morgan fingerprint density at radius 3 is 2.11 bits per heavy atom. The van der Waals surface area contributed by atoms with Crippen molar-refractivity contribution in [2.24, 2.45) is 0 Å². The zero-order valence-corrected chi connectivity index (χ0v) is 15.8. The van der Waals surface area contributed by atoms with Crippen molar-refractivity contribution >= 4 is 15.9 Å². The van der Waals surface area contributed by atoms with Gasteiger partial charge in [0.2, 0.25) is 12.8 Å². The van der Waals surface area contributed by atoms with E-state index in [0.717, 1.165) is 21.4 Å². The van der Waals surface area contributed by atoms with Crippen LogP contribution in [0.5, 0.6) is 0 Å². The molecule has 0 aliphatic heterocycles. The van der Waals surface area contributed by atoms with E-state index in [0.29, 0.717) is 17.1 Å². The third-order valence-corrected chi connectivity index (χ3v) is 4.67. The Labute approximate surface area is 167 Å². The Morgan fingerprint density at radius 2 is 1.46 bits per heavy atom. The molecule has 5 aromatic rings. The number of hydrogen-bond donors (Lipinski definition) is 0. The Morgan fingerprint density at radius 1 is 0.786 bits per heavy atom. The second-order valence-corrected chi connectivity index (χ2v) is 6.73. The first kappa shape index (κ1) is 16.6. The molecule has 0 saturated carbocycles. The van der Waals surface area contributed by atoms with Gasteiger partial charge in [0.15, 0.2) is 5.69 Å². The summed E-state index contributed by atoms with van der Waals surface area (Å²) in [5, 5.41) is 20.5. The van der Waals surface area contributed by atoms with Gasteiger partial charge in [0.25, 0.3) is 11.8 Å². The second-order valence-electron chi connectivity index (χ2n) is 5.81. The van der Waals surface area contributed by atoms with Gasteiger partial charge in [-0.3, -0.25) is 0 Å². The Kier molecular flexibility index (Phi) is 4.06. The van der Waals surface area contributed by atoms with Gasteiger partial charge in [0.1, 0.15) is 0 Å². The number of nitrogens with zero attached hydrogens (tertiary/aromatic N) is 6. The number of rotatable bonds is 4. The minimum absolute atomic E-state index is 0.265. The first-order valence-corrected chi connectivity index (χ1v) is 9.08. The van der Waals surface area contributed by atoms with Crippen molar-refractivity contribution in [1.82, 2.24) is 30.2 Å². The minimum Gasteiger partial charge on any atom is -0.423 e. The second kappa shape index (κ2) is 6.86. The zero-order valence-electron chi connectivity index (χ0n) is 14.2. The molecule has 2 aromatic carbocycles. The van der Waals surface area contributed by atoms with Crippen LogP contribution in [0, 0.1) is 0 Å². The first-order chi connectivity index (χ1) is 13.8. The summed E-state index contributed by atoms with van der Waals surface area (Å²) in [6, 6.07) is 17.7. The fourth-order valence-corrected chi connectivity index (χ4v) is 3.22. The van der Waals surface area contributed by atoms with Crippen molar-refractivity contribution in [2.45, 2.75) is 0 Å². The van der Waals surface area contributed by atoms with E-state index in [1.807, 2.05) is 54.6 Å². The van der Waals surface area contributed by atoms with E-state index >= 15 is 0 Å². The molecule has 0 aliphatic rings. The lowest BCUT2D eigenvalue weighted by atomic mass is 10.0. The van der Waals surface area contributed by atoms with Crippen molar-refractivity contribution in [1.29, 1.82) is 0 Å². The van der Waals surface area contributed by atoms with Crippen LogP contribution in [0.1, 0.15) is 0 Å². The zero-order chi connectivity index (χ0) is 18.9. The molecular formula is C19H11BrN6O2. The number of halogens is 1. The average molecular weight is 435 g/mol. The first-order valence-electron chi connectivity index (χ1n) is 8.29. The molecule has 0 radical (unpaired) electrons. The van der Waals surface area contributed by atoms with Gasteiger partial charge < -0.3 is 8.83 Å². The van der Waals surface area contributed by atoms with Crippen LogP contribution in [0.15, 0.2) is 80.7 Å². The van der Waals surface area contributed by atoms with Gasteiger partial charge in [0.05, 0.1) is 16.9 Å². The van der Waals surface area contributed by atoms with E-state index < -0.39 is 0 Å². The molecule has 9 heteroatoms. The number of aromatic nitrogens is 6. The molecule has 136 valence electrons. The maximum absolute atomic E-state index is 5.52. The Balaban J connectivity index is 1.86. The third-order valence-electron chi connectivity index (χ3n) is 4.14. The lowest BCUT2D eigenvalue weighted by Gasteiger charge is -2.09. The maximum Gasteiger partial charge on any atom is 0.268 e. The smallest absolute Gasteiger partial charge is 0.268 e. The highest BCUT2D eigenvalue weighted by Gasteiger charge is 2.28. The molecule has 0 atom stereocenters. The highest BCUT2D eigenvalue weighted by molar-refractivity contribution is 9.10. The average Bonchev–Trinajstić information content (AvgIpc) is 3.48. The van der Waals surface area contributed by atoms with Crippen molar-refractivity contribution in [3.63, 3.8) is 0 Å². The summed E-state index contributed by atoms with van der Waals surface area (Å²) in [5.74, 6) is 0.580. The van der Waals surface area contributed by atoms with E-state index in [9.17, 15) is 0 Å². The Hall–Kier alpha value is -3.59. The predicted molar refractivity (Wildman–Crippen MR) is 103 cm³/mol. The van der Waals surface area contributed by atoms with Crippen LogP contribution < -0.4 is 0 Å². The highest BCUT2D eigenvalue weighted by Crippen LogP contribution is 2.39.